The van der Waals surface area contributed by atoms with Gasteiger partial charge in [-0.1, -0.05) is 0 Å². The molecular formula is C18H13Cl2OTi. The Morgan fingerprint density at radius 1 is 0.591 bits per heavy atom. The summed E-state index contributed by atoms with van der Waals surface area (Å²) in [5.74, 6) is 0.901. The molecule has 0 saturated carbocycles. The van der Waals surface area contributed by atoms with Crippen molar-refractivity contribution in [1.82, 2.24) is 0 Å². The van der Waals surface area contributed by atoms with Gasteiger partial charge in [0.25, 0.3) is 0 Å². The van der Waals surface area contributed by atoms with Crippen LogP contribution in [0.15, 0.2) is 78.9 Å². The van der Waals surface area contributed by atoms with Crippen LogP contribution in [0.3, 0.4) is 0 Å². The van der Waals surface area contributed by atoms with Crippen LogP contribution in [-0.4, -0.2) is 0 Å². The predicted molar refractivity (Wildman–Crippen MR) is 77.9 cm³/mol. The predicted octanol–water partition coefficient (Wildman–Crippen LogP) is -1.13. The Morgan fingerprint density at radius 2 is 1.14 bits per heavy atom. The van der Waals surface area contributed by atoms with Crippen molar-refractivity contribution < 1.29 is 49.0 Å². The van der Waals surface area contributed by atoms with Gasteiger partial charge in [-0.3, -0.25) is 0 Å². The molecule has 0 saturated heterocycles. The molecule has 0 aliphatic rings. The van der Waals surface area contributed by atoms with Gasteiger partial charge in [0.05, 0.1) is 0 Å². The minimum absolute atomic E-state index is 0. The molecule has 3 aromatic rings. The summed E-state index contributed by atoms with van der Waals surface area (Å²) in [7, 11) is 0. The van der Waals surface area contributed by atoms with Gasteiger partial charge in [-0.15, -0.1) is 0 Å². The van der Waals surface area contributed by atoms with Crippen LogP contribution in [0.4, 0.5) is 0 Å². The molecule has 4 heteroatoms. The van der Waals surface area contributed by atoms with Gasteiger partial charge in [-0.25, -0.2) is 0 Å². The summed E-state index contributed by atoms with van der Waals surface area (Å²) >= 11 is 1.72. The minimum atomic E-state index is 0. The number of hydrogen-bond acceptors (Lipinski definition) is 1. The van der Waals surface area contributed by atoms with Crippen LogP contribution in [0.25, 0.3) is 22.3 Å². The van der Waals surface area contributed by atoms with E-state index in [1.165, 1.54) is 16.7 Å². The second kappa shape index (κ2) is 9.02. The maximum absolute atomic E-state index is 5.56. The summed E-state index contributed by atoms with van der Waals surface area (Å²) in [6.07, 6.45) is 0. The van der Waals surface area contributed by atoms with Crippen molar-refractivity contribution in [2.24, 2.45) is 0 Å². The standard InChI is InChI=1S/C18H14O.2ClH.Ti/c19-17-13-7-12-16(14-8-3-1-4-9-14)18(17)15-10-5-2-6-11-15;;;/h1-13,19H;2*1H;/q;;;+3/p-3. The Labute approximate surface area is 155 Å². The molecule has 0 N–H and O–H groups in total. The summed E-state index contributed by atoms with van der Waals surface area (Å²) < 4.78 is 5.56. The first kappa shape index (κ1) is 18.8. The summed E-state index contributed by atoms with van der Waals surface area (Å²) in [5.41, 5.74) is 4.70. The second-order valence-electron chi connectivity index (χ2n) is 4.51. The van der Waals surface area contributed by atoms with Crippen LogP contribution in [0.5, 0.6) is 5.75 Å². The van der Waals surface area contributed by atoms with E-state index in [9.17, 15) is 0 Å². The second-order valence-corrected chi connectivity index (χ2v) is 4.83. The Hall–Kier alpha value is -1.25. The first-order chi connectivity index (χ1) is 9.90. The molecular weight excluding hydrogens is 351 g/mol. The van der Waals surface area contributed by atoms with Gasteiger partial charge in [0.1, 0.15) is 0 Å². The molecule has 0 aliphatic heterocycles. The maximum atomic E-state index is 5.56. The molecule has 22 heavy (non-hydrogen) atoms. The molecule has 0 fully saturated rings. The Morgan fingerprint density at radius 3 is 1.68 bits per heavy atom. The molecule has 0 bridgehead atoms. The molecule has 1 nitrogen and oxygen atoms in total. The molecule has 0 aromatic heterocycles. The van der Waals surface area contributed by atoms with Gasteiger partial charge < -0.3 is 24.8 Å². The Balaban J connectivity index is 0.00000121. The van der Waals surface area contributed by atoms with E-state index >= 15 is 0 Å². The molecule has 0 heterocycles. The fraction of sp³-hybridized carbons (Fsp3) is 0. The van der Waals surface area contributed by atoms with Crippen LogP contribution in [-0.2, 0) is 20.8 Å². The number of rotatable bonds is 3. The zero-order valence-corrected chi connectivity index (χ0v) is 14.7. The number of halogens is 2. The number of hydrogen-bond donors (Lipinski definition) is 0. The van der Waals surface area contributed by atoms with Crippen LogP contribution in [0, 0.1) is 0 Å². The van der Waals surface area contributed by atoms with E-state index in [2.05, 4.69) is 54.6 Å². The van der Waals surface area contributed by atoms with Crippen molar-refractivity contribution in [3.63, 3.8) is 0 Å². The quantitative estimate of drug-likeness (QED) is 0.535. The van der Waals surface area contributed by atoms with Gasteiger partial charge in [0, 0.05) is 0 Å². The SMILES string of the molecule is [Cl-].[Cl-].[Ti+2][O]c1cccc(-c2ccccc2)c1-c1ccccc1. The van der Waals surface area contributed by atoms with E-state index in [1.807, 2.05) is 24.3 Å². The summed E-state index contributed by atoms with van der Waals surface area (Å²) in [6.45, 7) is 0. The van der Waals surface area contributed by atoms with E-state index in [0.717, 1.165) is 11.3 Å². The molecule has 0 atom stereocenters. The van der Waals surface area contributed by atoms with Crippen LogP contribution in [0.2, 0.25) is 0 Å². The third kappa shape index (κ3) is 3.94. The third-order valence-electron chi connectivity index (χ3n) is 3.28. The van der Waals surface area contributed by atoms with E-state index in [4.69, 9.17) is 3.32 Å². The fourth-order valence-electron chi connectivity index (χ4n) is 2.38. The molecule has 0 amide bonds. The van der Waals surface area contributed by atoms with Crippen LogP contribution < -0.4 is 28.1 Å². The summed E-state index contributed by atoms with van der Waals surface area (Å²) in [6, 6.07) is 27.0. The first-order valence-corrected chi connectivity index (χ1v) is 7.11. The zero-order valence-electron chi connectivity index (χ0n) is 11.7. The van der Waals surface area contributed by atoms with Gasteiger partial charge in [-0.05, 0) is 0 Å². The Bertz CT molecular complexity index is 703. The van der Waals surface area contributed by atoms with Crippen molar-refractivity contribution in [2.75, 3.05) is 0 Å². The van der Waals surface area contributed by atoms with Crippen LogP contribution in [0.1, 0.15) is 0 Å². The Kier molecular flexibility index (Phi) is 7.71. The van der Waals surface area contributed by atoms with Crippen molar-refractivity contribution in [2.45, 2.75) is 0 Å². The van der Waals surface area contributed by atoms with Crippen molar-refractivity contribution in [3.05, 3.63) is 78.9 Å². The van der Waals surface area contributed by atoms with Gasteiger partial charge >= 0.3 is 131 Å². The van der Waals surface area contributed by atoms with Crippen molar-refractivity contribution in [1.29, 1.82) is 0 Å². The normalized spacial score (nSPS) is 9.36. The molecule has 0 aliphatic carbocycles. The van der Waals surface area contributed by atoms with Crippen molar-refractivity contribution >= 4 is 0 Å². The van der Waals surface area contributed by atoms with Crippen molar-refractivity contribution in [3.8, 4) is 28.0 Å². The van der Waals surface area contributed by atoms with E-state index < -0.39 is 0 Å². The monoisotopic (exact) mass is 363 g/mol. The molecule has 0 spiro atoms. The molecule has 109 valence electrons. The van der Waals surface area contributed by atoms with E-state index in [0.29, 0.717) is 0 Å². The first-order valence-electron chi connectivity index (χ1n) is 6.47. The fourth-order valence-corrected chi connectivity index (χ4v) is 2.64. The van der Waals surface area contributed by atoms with Crippen LogP contribution >= 0.6 is 0 Å². The molecule has 0 radical (unpaired) electrons. The van der Waals surface area contributed by atoms with E-state index in [-0.39, 0.29) is 24.8 Å². The van der Waals surface area contributed by atoms with E-state index in [1.54, 1.807) is 20.8 Å². The van der Waals surface area contributed by atoms with Gasteiger partial charge in [0.2, 0.25) is 0 Å². The van der Waals surface area contributed by atoms with Gasteiger partial charge in [0.15, 0.2) is 0 Å². The average molecular weight is 364 g/mol. The average Bonchev–Trinajstić information content (AvgIpc) is 2.55. The molecule has 0 unspecified atom stereocenters. The topological polar surface area (TPSA) is 9.23 Å². The number of benzene rings is 3. The molecule has 3 aromatic carbocycles. The summed E-state index contributed by atoms with van der Waals surface area (Å²) in [5, 5.41) is 0. The van der Waals surface area contributed by atoms with Gasteiger partial charge in [-0.2, -0.15) is 0 Å². The third-order valence-corrected chi connectivity index (χ3v) is 3.63. The summed E-state index contributed by atoms with van der Waals surface area (Å²) in [4.78, 5) is 0. The molecule has 3 rings (SSSR count). The zero-order chi connectivity index (χ0) is 13.8.